The first-order chi connectivity index (χ1) is 9.90. The zero-order valence-corrected chi connectivity index (χ0v) is 10.9. The number of hydrogen-bond donors (Lipinski definition) is 4. The number of amides is 3. The van der Waals surface area contributed by atoms with E-state index in [4.69, 9.17) is 10.8 Å². The van der Waals surface area contributed by atoms with Crippen LogP contribution in [0.3, 0.4) is 0 Å². The summed E-state index contributed by atoms with van der Waals surface area (Å²) < 4.78 is 0. The Labute approximate surface area is 119 Å². The molecule has 1 aromatic carbocycles. The molecule has 1 heterocycles. The number of imide groups is 1. The number of nitrogens with one attached hydrogen (secondary N) is 2. The predicted molar refractivity (Wildman–Crippen MR) is 71.5 cm³/mol. The average molecular weight is 291 g/mol. The lowest BCUT2D eigenvalue weighted by molar-refractivity contribution is -0.134. The van der Waals surface area contributed by atoms with Crippen LogP contribution in [0.5, 0.6) is 0 Å². The smallest absolute Gasteiger partial charge is 0.336 e. The van der Waals surface area contributed by atoms with Crippen LogP contribution in [0.15, 0.2) is 18.2 Å². The third-order valence-electron chi connectivity index (χ3n) is 3.10. The van der Waals surface area contributed by atoms with E-state index in [0.717, 1.165) is 0 Å². The summed E-state index contributed by atoms with van der Waals surface area (Å²) in [5.41, 5.74) is 5.19. The Morgan fingerprint density at radius 2 is 2.05 bits per heavy atom. The van der Waals surface area contributed by atoms with Gasteiger partial charge in [0.05, 0.1) is 11.1 Å². The highest BCUT2D eigenvalue weighted by atomic mass is 16.4. The van der Waals surface area contributed by atoms with Crippen molar-refractivity contribution < 1.29 is 24.3 Å². The van der Waals surface area contributed by atoms with Gasteiger partial charge in [-0.05, 0) is 18.6 Å². The molecule has 3 amide bonds. The molecule has 110 valence electrons. The number of hydrogen-bond acceptors (Lipinski definition) is 5. The molecule has 0 saturated carbocycles. The Kier molecular flexibility index (Phi) is 3.88. The number of nitrogens with two attached hydrogens (primary N) is 1. The SMILES string of the molecule is Nc1cccc(C(=O)O)c1C(=O)NC1CCC(=O)NC1=O. The molecule has 1 aromatic rings. The van der Waals surface area contributed by atoms with Gasteiger partial charge in [0, 0.05) is 12.1 Å². The van der Waals surface area contributed by atoms with Gasteiger partial charge in [-0.2, -0.15) is 0 Å². The Hall–Kier alpha value is -2.90. The third kappa shape index (κ3) is 2.99. The molecule has 0 aliphatic carbocycles. The molecule has 1 aliphatic heterocycles. The molecule has 8 nitrogen and oxygen atoms in total. The largest absolute Gasteiger partial charge is 0.478 e. The number of carboxylic acid groups (broad SMARTS) is 1. The van der Waals surface area contributed by atoms with Crippen LogP contribution in [0.2, 0.25) is 0 Å². The maximum Gasteiger partial charge on any atom is 0.336 e. The summed E-state index contributed by atoms with van der Waals surface area (Å²) in [7, 11) is 0. The van der Waals surface area contributed by atoms with Crippen LogP contribution in [-0.4, -0.2) is 34.8 Å². The van der Waals surface area contributed by atoms with Gasteiger partial charge in [0.1, 0.15) is 6.04 Å². The monoisotopic (exact) mass is 291 g/mol. The maximum atomic E-state index is 12.2. The molecule has 1 aliphatic rings. The zero-order chi connectivity index (χ0) is 15.6. The summed E-state index contributed by atoms with van der Waals surface area (Å²) >= 11 is 0. The van der Waals surface area contributed by atoms with Crippen molar-refractivity contribution in [3.05, 3.63) is 29.3 Å². The minimum Gasteiger partial charge on any atom is -0.478 e. The Morgan fingerprint density at radius 1 is 1.33 bits per heavy atom. The molecule has 1 unspecified atom stereocenters. The lowest BCUT2D eigenvalue weighted by atomic mass is 10.0. The van der Waals surface area contributed by atoms with Gasteiger partial charge in [-0.15, -0.1) is 0 Å². The average Bonchev–Trinajstić information content (AvgIpc) is 2.41. The van der Waals surface area contributed by atoms with Crippen molar-refractivity contribution in [2.24, 2.45) is 0 Å². The van der Waals surface area contributed by atoms with Gasteiger partial charge < -0.3 is 16.2 Å². The molecule has 1 saturated heterocycles. The van der Waals surface area contributed by atoms with E-state index in [-0.39, 0.29) is 29.7 Å². The van der Waals surface area contributed by atoms with Crippen molar-refractivity contribution in [2.45, 2.75) is 18.9 Å². The molecule has 2 rings (SSSR count). The number of anilines is 1. The van der Waals surface area contributed by atoms with E-state index in [1.165, 1.54) is 18.2 Å². The van der Waals surface area contributed by atoms with Crippen molar-refractivity contribution in [3.8, 4) is 0 Å². The van der Waals surface area contributed by atoms with E-state index in [1.54, 1.807) is 0 Å². The van der Waals surface area contributed by atoms with Gasteiger partial charge in [0.2, 0.25) is 11.8 Å². The highest BCUT2D eigenvalue weighted by Crippen LogP contribution is 2.18. The fourth-order valence-corrected chi connectivity index (χ4v) is 2.06. The topological polar surface area (TPSA) is 139 Å². The number of carbonyl (C=O) groups is 4. The summed E-state index contributed by atoms with van der Waals surface area (Å²) in [5, 5.41) is 13.6. The van der Waals surface area contributed by atoms with Crippen LogP contribution in [0.25, 0.3) is 0 Å². The van der Waals surface area contributed by atoms with Crippen molar-refractivity contribution in [2.75, 3.05) is 5.73 Å². The molecule has 0 aromatic heterocycles. The van der Waals surface area contributed by atoms with Crippen molar-refractivity contribution in [3.63, 3.8) is 0 Å². The van der Waals surface area contributed by atoms with Gasteiger partial charge >= 0.3 is 5.97 Å². The van der Waals surface area contributed by atoms with E-state index < -0.39 is 29.7 Å². The number of rotatable bonds is 3. The minimum absolute atomic E-state index is 0.000283. The van der Waals surface area contributed by atoms with Gasteiger partial charge in [0.25, 0.3) is 5.91 Å². The number of piperidine rings is 1. The fourth-order valence-electron chi connectivity index (χ4n) is 2.06. The predicted octanol–water partition coefficient (Wildman–Crippen LogP) is -0.498. The fraction of sp³-hybridized carbons (Fsp3) is 0.231. The Morgan fingerprint density at radius 3 is 2.67 bits per heavy atom. The highest BCUT2D eigenvalue weighted by Gasteiger charge is 2.29. The summed E-state index contributed by atoms with van der Waals surface area (Å²) in [5.74, 6) is -3.09. The first kappa shape index (κ1) is 14.5. The molecule has 8 heteroatoms. The van der Waals surface area contributed by atoms with Gasteiger partial charge in [-0.3, -0.25) is 19.7 Å². The lowest BCUT2D eigenvalue weighted by Gasteiger charge is -2.22. The second-order valence-electron chi connectivity index (χ2n) is 4.55. The molecule has 1 fully saturated rings. The summed E-state index contributed by atoms with van der Waals surface area (Å²) in [6.45, 7) is 0. The van der Waals surface area contributed by atoms with Crippen LogP contribution in [-0.2, 0) is 9.59 Å². The summed E-state index contributed by atoms with van der Waals surface area (Å²) in [6, 6.07) is 3.17. The Bertz CT molecular complexity index is 641. The number of aromatic carboxylic acids is 1. The molecule has 1 atom stereocenters. The van der Waals surface area contributed by atoms with Gasteiger partial charge in [0.15, 0.2) is 0 Å². The molecule has 5 N–H and O–H groups in total. The van der Waals surface area contributed by atoms with Crippen LogP contribution < -0.4 is 16.4 Å². The van der Waals surface area contributed by atoms with Gasteiger partial charge in [-0.1, -0.05) is 6.07 Å². The maximum absolute atomic E-state index is 12.2. The van der Waals surface area contributed by atoms with Crippen LogP contribution in [0, 0.1) is 0 Å². The van der Waals surface area contributed by atoms with E-state index >= 15 is 0 Å². The van der Waals surface area contributed by atoms with Crippen LogP contribution >= 0.6 is 0 Å². The van der Waals surface area contributed by atoms with Crippen molar-refractivity contribution in [1.29, 1.82) is 0 Å². The second kappa shape index (κ2) is 5.61. The number of nitrogen functional groups attached to an aromatic ring is 1. The minimum atomic E-state index is -1.30. The van der Waals surface area contributed by atoms with E-state index in [1.807, 2.05) is 0 Å². The summed E-state index contributed by atoms with van der Waals surface area (Å²) in [4.78, 5) is 45.9. The third-order valence-corrected chi connectivity index (χ3v) is 3.10. The molecule has 21 heavy (non-hydrogen) atoms. The highest BCUT2D eigenvalue weighted by molar-refractivity contribution is 6.10. The van der Waals surface area contributed by atoms with Crippen LogP contribution in [0.1, 0.15) is 33.6 Å². The zero-order valence-electron chi connectivity index (χ0n) is 10.9. The van der Waals surface area contributed by atoms with Crippen LogP contribution in [0.4, 0.5) is 5.69 Å². The first-order valence-electron chi connectivity index (χ1n) is 6.16. The van der Waals surface area contributed by atoms with Crippen molar-refractivity contribution in [1.82, 2.24) is 10.6 Å². The standard InChI is InChI=1S/C13H13N3O5/c14-7-3-1-2-6(13(20)21)10(7)12(19)15-8-4-5-9(17)16-11(8)18/h1-3,8H,4-5,14H2,(H,15,19)(H,20,21)(H,16,17,18). The van der Waals surface area contributed by atoms with E-state index in [2.05, 4.69) is 10.6 Å². The number of benzene rings is 1. The first-order valence-corrected chi connectivity index (χ1v) is 6.16. The summed E-state index contributed by atoms with van der Waals surface area (Å²) in [6.07, 6.45) is 0.262. The molecular weight excluding hydrogens is 278 g/mol. The second-order valence-corrected chi connectivity index (χ2v) is 4.55. The van der Waals surface area contributed by atoms with E-state index in [9.17, 15) is 19.2 Å². The molecule has 0 spiro atoms. The lowest BCUT2D eigenvalue weighted by Crippen LogP contribution is -2.52. The Balaban J connectivity index is 2.23. The molecular formula is C13H13N3O5. The molecule has 0 radical (unpaired) electrons. The quantitative estimate of drug-likeness (QED) is 0.437. The number of carbonyl (C=O) groups excluding carboxylic acids is 3. The normalized spacial score (nSPS) is 18.0. The number of carboxylic acids is 1. The van der Waals surface area contributed by atoms with Gasteiger partial charge in [-0.25, -0.2) is 4.79 Å². The molecule has 0 bridgehead atoms. The van der Waals surface area contributed by atoms with Crippen molar-refractivity contribution >= 4 is 29.4 Å². The van der Waals surface area contributed by atoms with E-state index in [0.29, 0.717) is 0 Å².